The Morgan fingerprint density at radius 2 is 1.54 bits per heavy atom. The van der Waals surface area contributed by atoms with E-state index in [0.717, 1.165) is 0 Å². The van der Waals surface area contributed by atoms with Crippen LogP contribution in [0, 0.1) is 6.92 Å². The number of ketones is 1. The van der Waals surface area contributed by atoms with Gasteiger partial charge in [0.2, 0.25) is 0 Å². The number of carbonyl (C=O) groups excluding carboxylic acids is 2. The van der Waals surface area contributed by atoms with E-state index in [2.05, 4.69) is 0 Å². The van der Waals surface area contributed by atoms with Gasteiger partial charge in [0.1, 0.15) is 28.1 Å². The number of halogens is 4. The van der Waals surface area contributed by atoms with Crippen LogP contribution < -0.4 is 4.74 Å². The Balaban J connectivity index is 1.80. The van der Waals surface area contributed by atoms with Crippen molar-refractivity contribution >= 4 is 58.2 Å². The molecule has 0 bridgehead atoms. The molecule has 5 rings (SSSR count). The second-order valence-corrected chi connectivity index (χ2v) is 10.8. The van der Waals surface area contributed by atoms with E-state index in [1.807, 2.05) is 0 Å². The van der Waals surface area contributed by atoms with Crippen molar-refractivity contribution in [1.82, 2.24) is 0 Å². The van der Waals surface area contributed by atoms with Gasteiger partial charge < -0.3 is 24.5 Å². The summed E-state index contributed by atoms with van der Waals surface area (Å²) in [5, 5.41) is 21.8. The predicted octanol–water partition coefficient (Wildman–Crippen LogP) is 7.89. The van der Waals surface area contributed by atoms with Gasteiger partial charge in [0.15, 0.2) is 11.4 Å². The third-order valence-corrected chi connectivity index (χ3v) is 8.17. The fourth-order valence-corrected chi connectivity index (χ4v) is 5.80. The minimum atomic E-state index is -1.60. The van der Waals surface area contributed by atoms with E-state index in [4.69, 9.17) is 55.9 Å². The molecule has 0 fully saturated rings. The molecule has 1 spiro atoms. The van der Waals surface area contributed by atoms with Gasteiger partial charge in [0, 0.05) is 28.7 Å². The smallest absolute Gasteiger partial charge is 0.340 e. The lowest BCUT2D eigenvalue weighted by atomic mass is 9.76. The van der Waals surface area contributed by atoms with Crippen LogP contribution in [0.1, 0.15) is 64.4 Å². The summed E-state index contributed by atoms with van der Waals surface area (Å²) in [5.74, 6) is -0.720. The van der Waals surface area contributed by atoms with Crippen LogP contribution in [0.3, 0.4) is 0 Å². The van der Waals surface area contributed by atoms with Gasteiger partial charge in [-0.25, -0.2) is 4.79 Å². The topological polar surface area (TPSA) is 93.1 Å². The molecule has 0 aliphatic carbocycles. The fourth-order valence-electron chi connectivity index (χ4n) is 4.96. The average Bonchev–Trinajstić information content (AvgIpc) is 3.11. The van der Waals surface area contributed by atoms with Gasteiger partial charge in [0.25, 0.3) is 0 Å². The molecule has 2 aliphatic rings. The maximum absolute atomic E-state index is 13.2. The number of Topliss-reactive ketones (excluding diaryl/α,β-unsaturated/α-hetero) is 1. The zero-order chi connectivity index (χ0) is 26.8. The van der Waals surface area contributed by atoms with Gasteiger partial charge >= 0.3 is 5.97 Å². The summed E-state index contributed by atoms with van der Waals surface area (Å²) in [5.41, 5.74) is 0.485. The highest BCUT2D eigenvalue weighted by Gasteiger charge is 2.55. The number of phenols is 2. The van der Waals surface area contributed by atoms with Gasteiger partial charge in [-0.2, -0.15) is 0 Å². The summed E-state index contributed by atoms with van der Waals surface area (Å²) in [4.78, 5) is 24.6. The molecule has 6 nitrogen and oxygen atoms in total. The molecule has 37 heavy (non-hydrogen) atoms. The number of hydrogen-bond acceptors (Lipinski definition) is 6. The standard InChI is InChI=1S/C27H20Cl4O6/c1-11(32)5-3-4-6-13-7-16-25(21(31)23(13)34)36-24-12(2)22(33)20(30)10-17(24)27(16)15-9-19(29)18(28)8-14(15)26(35)37-27/h7-10,33-34H,3-6H2,1-2H3. The van der Waals surface area contributed by atoms with Gasteiger partial charge in [-0.3, -0.25) is 0 Å². The Hall–Kier alpha value is -2.64. The third kappa shape index (κ3) is 3.93. The molecule has 0 amide bonds. The lowest BCUT2D eigenvalue weighted by Crippen LogP contribution is -2.33. The maximum atomic E-state index is 13.2. The quantitative estimate of drug-likeness (QED) is 0.235. The predicted molar refractivity (Wildman–Crippen MR) is 141 cm³/mol. The van der Waals surface area contributed by atoms with Crippen LogP contribution >= 0.6 is 46.4 Å². The SMILES string of the molecule is CC(=O)CCCCc1cc2c(c(Cl)c1O)Oc1c(cc(Cl)c(O)c1C)C21OC(=O)c2cc(Cl)c(Cl)cc21. The molecular formula is C27H20Cl4O6. The number of unbranched alkanes of at least 4 members (excludes halogenated alkanes) is 1. The van der Waals surface area contributed by atoms with Gasteiger partial charge in [-0.15, -0.1) is 0 Å². The number of aryl methyl sites for hydroxylation is 1. The third-order valence-electron chi connectivity index (χ3n) is 6.81. The molecule has 0 aromatic heterocycles. The van der Waals surface area contributed by atoms with Crippen LogP contribution in [0.2, 0.25) is 20.1 Å². The number of phenolic OH excluding ortho intramolecular Hbond substituents is 2. The van der Waals surface area contributed by atoms with Crippen molar-refractivity contribution in [1.29, 1.82) is 0 Å². The minimum Gasteiger partial charge on any atom is -0.506 e. The molecule has 0 saturated carbocycles. The molecule has 1 unspecified atom stereocenters. The summed E-state index contributed by atoms with van der Waals surface area (Å²) in [6.07, 6.45) is 2.08. The Labute approximate surface area is 232 Å². The van der Waals surface area contributed by atoms with Crippen molar-refractivity contribution in [2.75, 3.05) is 0 Å². The molecule has 3 aromatic rings. The summed E-state index contributed by atoms with van der Waals surface area (Å²) in [6, 6.07) is 6.13. The normalized spacial score (nSPS) is 17.2. The number of esters is 1. The van der Waals surface area contributed by atoms with Gasteiger partial charge in [-0.1, -0.05) is 46.4 Å². The van der Waals surface area contributed by atoms with Crippen LogP contribution in [0.5, 0.6) is 23.0 Å². The first-order valence-corrected chi connectivity index (χ1v) is 13.0. The summed E-state index contributed by atoms with van der Waals surface area (Å²) < 4.78 is 12.3. The first-order chi connectivity index (χ1) is 17.5. The highest BCUT2D eigenvalue weighted by atomic mass is 35.5. The van der Waals surface area contributed by atoms with Crippen LogP contribution in [-0.2, 0) is 21.6 Å². The van der Waals surface area contributed by atoms with E-state index in [-0.39, 0.29) is 54.4 Å². The molecule has 0 radical (unpaired) electrons. The Morgan fingerprint density at radius 1 is 0.892 bits per heavy atom. The molecule has 0 saturated heterocycles. The monoisotopic (exact) mass is 580 g/mol. The molecule has 2 heterocycles. The number of ether oxygens (including phenoxy) is 2. The van der Waals surface area contributed by atoms with E-state index >= 15 is 0 Å². The number of hydrogen-bond donors (Lipinski definition) is 2. The van der Waals surface area contributed by atoms with Crippen LogP contribution in [0.4, 0.5) is 0 Å². The molecule has 10 heteroatoms. The van der Waals surface area contributed by atoms with Crippen molar-refractivity contribution in [3.8, 4) is 23.0 Å². The molecule has 2 aliphatic heterocycles. The first kappa shape index (κ1) is 26.0. The zero-order valence-electron chi connectivity index (χ0n) is 19.7. The van der Waals surface area contributed by atoms with E-state index in [9.17, 15) is 19.8 Å². The van der Waals surface area contributed by atoms with Crippen molar-refractivity contribution in [3.05, 3.63) is 77.7 Å². The lowest BCUT2D eigenvalue weighted by Gasteiger charge is -2.38. The average molecular weight is 582 g/mol. The number of rotatable bonds is 5. The van der Waals surface area contributed by atoms with Crippen molar-refractivity contribution < 1.29 is 29.3 Å². The highest BCUT2D eigenvalue weighted by molar-refractivity contribution is 6.42. The Morgan fingerprint density at radius 3 is 2.24 bits per heavy atom. The highest BCUT2D eigenvalue weighted by Crippen LogP contribution is 2.61. The zero-order valence-corrected chi connectivity index (χ0v) is 22.7. The van der Waals surface area contributed by atoms with Gasteiger partial charge in [-0.05, 0) is 62.9 Å². The van der Waals surface area contributed by atoms with Crippen LogP contribution in [0.25, 0.3) is 0 Å². The second-order valence-electron chi connectivity index (χ2n) is 9.18. The van der Waals surface area contributed by atoms with E-state index in [1.54, 1.807) is 19.1 Å². The molecule has 3 aromatic carbocycles. The van der Waals surface area contributed by atoms with E-state index < -0.39 is 11.6 Å². The van der Waals surface area contributed by atoms with Crippen molar-refractivity contribution in [3.63, 3.8) is 0 Å². The largest absolute Gasteiger partial charge is 0.506 e. The number of carbonyl (C=O) groups is 2. The number of aromatic hydroxyl groups is 2. The number of fused-ring (bicyclic) bond motifs is 6. The van der Waals surface area contributed by atoms with Crippen LogP contribution in [-0.4, -0.2) is 22.0 Å². The first-order valence-electron chi connectivity index (χ1n) is 11.4. The van der Waals surface area contributed by atoms with E-state index in [0.29, 0.717) is 53.5 Å². The fraction of sp³-hybridized carbons (Fsp3) is 0.259. The van der Waals surface area contributed by atoms with Crippen molar-refractivity contribution in [2.24, 2.45) is 0 Å². The van der Waals surface area contributed by atoms with Gasteiger partial charge in [0.05, 0.1) is 20.6 Å². The summed E-state index contributed by atoms with van der Waals surface area (Å²) in [6.45, 7) is 3.13. The molecule has 2 N–H and O–H groups in total. The second kappa shape index (κ2) is 9.28. The van der Waals surface area contributed by atoms with Crippen molar-refractivity contribution in [2.45, 2.75) is 45.1 Å². The molecule has 1 atom stereocenters. The number of benzene rings is 3. The van der Waals surface area contributed by atoms with E-state index in [1.165, 1.54) is 19.1 Å². The summed E-state index contributed by atoms with van der Waals surface area (Å²) >= 11 is 25.6. The molecular weight excluding hydrogens is 562 g/mol. The van der Waals surface area contributed by atoms with Crippen LogP contribution in [0.15, 0.2) is 24.3 Å². The lowest BCUT2D eigenvalue weighted by molar-refractivity contribution is -0.117. The maximum Gasteiger partial charge on any atom is 0.340 e. The Kier molecular flexibility index (Phi) is 6.52. The minimum absolute atomic E-state index is 0.0292. The summed E-state index contributed by atoms with van der Waals surface area (Å²) in [7, 11) is 0. The molecule has 192 valence electrons. The Bertz CT molecular complexity index is 1520.